The Hall–Kier alpha value is -3.33. The second-order valence-corrected chi connectivity index (χ2v) is 4.98. The van der Waals surface area contributed by atoms with Gasteiger partial charge in [0.25, 0.3) is 17.7 Å². The van der Waals surface area contributed by atoms with E-state index < -0.39 is 41.4 Å². The minimum atomic E-state index is -2.63. The maximum atomic E-state index is 12.9. The van der Waals surface area contributed by atoms with Crippen molar-refractivity contribution in [3.05, 3.63) is 48.0 Å². The fourth-order valence-corrected chi connectivity index (χ4v) is 2.50. The molecule has 0 saturated carbocycles. The van der Waals surface area contributed by atoms with Gasteiger partial charge in [-0.05, 0) is 0 Å². The lowest BCUT2D eigenvalue weighted by Crippen LogP contribution is -2.66. The van der Waals surface area contributed by atoms with Crippen molar-refractivity contribution in [3.8, 4) is 0 Å². The Balaban J connectivity index is 2.69. The Labute approximate surface area is 135 Å². The zero-order chi connectivity index (χ0) is 17.9. The summed E-state index contributed by atoms with van der Waals surface area (Å²) in [4.78, 5) is 61.1. The first kappa shape index (κ1) is 17.0. The van der Waals surface area contributed by atoms with E-state index in [1.54, 1.807) is 6.07 Å². The number of carbonyl (C=O) groups is 5. The molecule has 0 radical (unpaired) electrons. The van der Waals surface area contributed by atoms with E-state index in [9.17, 15) is 24.0 Å². The number of hydroxylamine groups is 1. The first-order valence-electron chi connectivity index (χ1n) is 6.73. The molecule has 0 fully saturated rings. The topological polar surface area (TPSA) is 147 Å². The summed E-state index contributed by atoms with van der Waals surface area (Å²) >= 11 is 0. The Bertz CT molecular complexity index is 740. The van der Waals surface area contributed by atoms with Crippen LogP contribution in [0.4, 0.5) is 0 Å². The van der Waals surface area contributed by atoms with Gasteiger partial charge in [-0.15, -0.1) is 0 Å². The molecule has 4 N–H and O–H groups in total. The molecule has 0 aromatic heterocycles. The van der Waals surface area contributed by atoms with E-state index in [4.69, 9.17) is 10.9 Å². The number of primary amides is 1. The zero-order valence-electron chi connectivity index (χ0n) is 12.3. The number of Topliss-reactive ketones (excluding diaryl/α,β-unsaturated/α-hetero) is 1. The quantitative estimate of drug-likeness (QED) is 0.198. The Morgan fingerprint density at radius 2 is 1.62 bits per heavy atom. The van der Waals surface area contributed by atoms with Gasteiger partial charge in [-0.25, -0.2) is 5.48 Å². The number of amides is 4. The molecule has 0 saturated heterocycles. The lowest BCUT2D eigenvalue weighted by molar-refractivity contribution is -0.154. The normalized spacial score (nSPS) is 16.0. The van der Waals surface area contributed by atoms with E-state index in [1.807, 2.05) is 0 Å². The number of nitrogens with one attached hydrogen (secondary N) is 1. The van der Waals surface area contributed by atoms with E-state index in [1.165, 1.54) is 29.7 Å². The predicted molar refractivity (Wildman–Crippen MR) is 78.2 cm³/mol. The van der Waals surface area contributed by atoms with Gasteiger partial charge in [0.15, 0.2) is 5.78 Å². The van der Waals surface area contributed by atoms with Crippen molar-refractivity contribution in [2.45, 2.75) is 12.0 Å². The van der Waals surface area contributed by atoms with Gasteiger partial charge >= 0.3 is 0 Å². The number of benzene rings is 1. The summed E-state index contributed by atoms with van der Waals surface area (Å²) in [7, 11) is 0. The molecule has 124 valence electrons. The Morgan fingerprint density at radius 3 is 2.08 bits per heavy atom. The lowest BCUT2D eigenvalue weighted by atomic mass is 9.83. The highest BCUT2D eigenvalue weighted by molar-refractivity contribution is 6.27. The van der Waals surface area contributed by atoms with Crippen LogP contribution in [-0.4, -0.2) is 45.1 Å². The van der Waals surface area contributed by atoms with Crippen LogP contribution >= 0.6 is 0 Å². The lowest BCUT2D eigenvalue weighted by Gasteiger charge is -2.36. The van der Waals surface area contributed by atoms with E-state index in [0.717, 1.165) is 12.2 Å². The van der Waals surface area contributed by atoms with Crippen LogP contribution < -0.4 is 11.2 Å². The summed E-state index contributed by atoms with van der Waals surface area (Å²) in [5.41, 5.74) is 3.69. The third-order valence-electron chi connectivity index (χ3n) is 3.51. The summed E-state index contributed by atoms with van der Waals surface area (Å²) < 4.78 is 0. The van der Waals surface area contributed by atoms with E-state index in [2.05, 4.69) is 0 Å². The molecule has 9 nitrogen and oxygen atoms in total. The highest BCUT2D eigenvalue weighted by Crippen LogP contribution is 2.29. The second kappa shape index (κ2) is 6.42. The number of carbonyl (C=O) groups excluding carboxylic acids is 5. The zero-order valence-corrected chi connectivity index (χ0v) is 12.3. The highest BCUT2D eigenvalue weighted by atomic mass is 16.5. The average Bonchev–Trinajstić information content (AvgIpc) is 2.91. The minimum absolute atomic E-state index is 0.0464. The van der Waals surface area contributed by atoms with Crippen LogP contribution in [0.5, 0.6) is 0 Å². The fraction of sp³-hybridized carbons (Fsp3) is 0.133. The second-order valence-electron chi connectivity index (χ2n) is 4.98. The first-order valence-corrected chi connectivity index (χ1v) is 6.73. The molecule has 0 spiro atoms. The summed E-state index contributed by atoms with van der Waals surface area (Å²) in [5.74, 6) is -5.52. The molecule has 0 bridgehead atoms. The third kappa shape index (κ3) is 2.68. The maximum Gasteiger partial charge on any atom is 0.278 e. The van der Waals surface area contributed by atoms with Crippen LogP contribution in [0.25, 0.3) is 0 Å². The van der Waals surface area contributed by atoms with Gasteiger partial charge in [-0.1, -0.05) is 30.3 Å². The van der Waals surface area contributed by atoms with Crippen molar-refractivity contribution in [1.29, 1.82) is 0 Å². The maximum absolute atomic E-state index is 12.9. The van der Waals surface area contributed by atoms with Gasteiger partial charge in [0.1, 0.15) is 0 Å². The van der Waals surface area contributed by atoms with E-state index in [-0.39, 0.29) is 5.56 Å². The summed E-state index contributed by atoms with van der Waals surface area (Å²) in [5, 5.41) is 9.04. The summed E-state index contributed by atoms with van der Waals surface area (Å²) in [6.07, 6.45) is 0.717. The minimum Gasteiger partial charge on any atom is -0.370 e. The molecule has 24 heavy (non-hydrogen) atoms. The molecule has 1 aromatic carbocycles. The molecule has 1 aliphatic rings. The number of imide groups is 1. The van der Waals surface area contributed by atoms with Crippen LogP contribution in [0, 0.1) is 0 Å². The average molecular weight is 331 g/mol. The van der Waals surface area contributed by atoms with Crippen molar-refractivity contribution in [3.63, 3.8) is 0 Å². The Morgan fingerprint density at radius 1 is 1.08 bits per heavy atom. The molecular weight excluding hydrogens is 318 g/mol. The van der Waals surface area contributed by atoms with Crippen molar-refractivity contribution < 1.29 is 29.2 Å². The van der Waals surface area contributed by atoms with Crippen molar-refractivity contribution in [2.24, 2.45) is 5.73 Å². The number of hydrogen-bond donors (Lipinski definition) is 3. The van der Waals surface area contributed by atoms with Gasteiger partial charge in [0.2, 0.25) is 11.4 Å². The molecule has 2 rings (SSSR count). The highest BCUT2D eigenvalue weighted by Gasteiger charge is 2.57. The molecule has 1 aromatic rings. The first-order chi connectivity index (χ1) is 11.3. The molecule has 0 aliphatic carbocycles. The van der Waals surface area contributed by atoms with Crippen molar-refractivity contribution in [1.82, 2.24) is 10.4 Å². The molecule has 1 heterocycles. The van der Waals surface area contributed by atoms with Crippen LogP contribution in [0.15, 0.2) is 42.5 Å². The molecule has 4 amide bonds. The molecule has 1 atom stereocenters. The van der Waals surface area contributed by atoms with Crippen LogP contribution in [0.1, 0.15) is 16.8 Å². The van der Waals surface area contributed by atoms with Gasteiger partial charge in [0.05, 0.1) is 6.42 Å². The number of rotatable bonds is 6. The van der Waals surface area contributed by atoms with E-state index >= 15 is 0 Å². The van der Waals surface area contributed by atoms with Gasteiger partial charge in [-0.3, -0.25) is 34.1 Å². The van der Waals surface area contributed by atoms with Gasteiger partial charge in [-0.2, -0.15) is 0 Å². The number of hydrogen-bond acceptors (Lipinski definition) is 6. The van der Waals surface area contributed by atoms with Gasteiger partial charge < -0.3 is 5.73 Å². The molecule has 9 heteroatoms. The summed E-state index contributed by atoms with van der Waals surface area (Å²) in [6, 6.07) is 7.25. The summed E-state index contributed by atoms with van der Waals surface area (Å²) in [6.45, 7) is 0. The third-order valence-corrected chi connectivity index (χ3v) is 3.51. The van der Waals surface area contributed by atoms with Gasteiger partial charge in [0, 0.05) is 17.7 Å². The van der Waals surface area contributed by atoms with Crippen LogP contribution in [-0.2, 0) is 19.2 Å². The smallest absolute Gasteiger partial charge is 0.278 e. The fourth-order valence-electron chi connectivity index (χ4n) is 2.50. The van der Waals surface area contributed by atoms with E-state index in [0.29, 0.717) is 4.90 Å². The SMILES string of the molecule is NC(=O)CC(C(=O)NO)(C(=O)c1ccccc1)N1C(=O)C=CC1=O. The number of nitrogens with zero attached hydrogens (tertiary/aromatic N) is 1. The van der Waals surface area contributed by atoms with Crippen LogP contribution in [0.3, 0.4) is 0 Å². The van der Waals surface area contributed by atoms with Crippen molar-refractivity contribution >= 4 is 29.4 Å². The predicted octanol–water partition coefficient (Wildman–Crippen LogP) is -1.09. The standard InChI is InChI=1S/C15H13N3O6/c16-10(19)8-15(14(23)17-24,18-11(20)6-7-12(18)21)13(22)9-4-2-1-3-5-9/h1-7,24H,8H2,(H2,16,19)(H,17,23). The molecule has 1 aliphatic heterocycles. The van der Waals surface area contributed by atoms with Crippen molar-refractivity contribution in [2.75, 3.05) is 0 Å². The molecule has 1 unspecified atom stereocenters. The monoisotopic (exact) mass is 331 g/mol. The Kier molecular flexibility index (Phi) is 4.56. The van der Waals surface area contributed by atoms with Crippen LogP contribution in [0.2, 0.25) is 0 Å². The number of ketones is 1. The largest absolute Gasteiger partial charge is 0.370 e. The number of nitrogens with two attached hydrogens (primary N) is 1. The molecular formula is C15H13N3O6.